The molecule has 0 amide bonds. The predicted octanol–water partition coefficient (Wildman–Crippen LogP) is 5.11. The molecule has 0 aliphatic rings. The van der Waals surface area contributed by atoms with Crippen molar-refractivity contribution in [3.8, 4) is 0 Å². The Balaban J connectivity index is 2.57. The first-order valence-corrected chi connectivity index (χ1v) is 7.16. The van der Waals surface area contributed by atoms with Crippen molar-refractivity contribution in [2.45, 2.75) is 39.2 Å². The van der Waals surface area contributed by atoms with E-state index in [4.69, 9.17) is 23.8 Å². The van der Waals surface area contributed by atoms with Crippen LogP contribution in [-0.2, 0) is 5.41 Å². The van der Waals surface area contributed by atoms with Crippen molar-refractivity contribution < 1.29 is 0 Å². The number of nitrogens with zero attached hydrogens (tertiary/aromatic N) is 1. The van der Waals surface area contributed by atoms with Gasteiger partial charge < -0.3 is 9.55 Å². The molecule has 0 bridgehead atoms. The van der Waals surface area contributed by atoms with Gasteiger partial charge in [-0.3, -0.25) is 0 Å². The molecule has 1 atom stereocenters. The lowest BCUT2D eigenvalue weighted by molar-refractivity contribution is 0.495. The number of aromatic amines is 1. The number of hydrogen-bond acceptors (Lipinski definition) is 1. The van der Waals surface area contributed by atoms with Crippen molar-refractivity contribution in [3.05, 3.63) is 51.5 Å². The number of imidazole rings is 1. The lowest BCUT2D eigenvalue weighted by atomic mass is 9.92. The van der Waals surface area contributed by atoms with Crippen LogP contribution in [0, 0.1) is 4.77 Å². The minimum atomic E-state index is 0.0308. The van der Waals surface area contributed by atoms with Crippen LogP contribution in [0.5, 0.6) is 0 Å². The second-order valence-electron chi connectivity index (χ2n) is 5.80. The highest BCUT2D eigenvalue weighted by Crippen LogP contribution is 2.31. The maximum Gasteiger partial charge on any atom is 0.177 e. The van der Waals surface area contributed by atoms with E-state index in [2.05, 4.69) is 37.2 Å². The van der Waals surface area contributed by atoms with E-state index >= 15 is 0 Å². The SMILES string of the molecule is CC(c1ccccc1Cl)n1c(C(C)(C)C)c[nH]c1=S. The van der Waals surface area contributed by atoms with Gasteiger partial charge in [0, 0.05) is 22.3 Å². The van der Waals surface area contributed by atoms with Crippen LogP contribution < -0.4 is 0 Å². The molecule has 102 valence electrons. The van der Waals surface area contributed by atoms with Gasteiger partial charge in [-0.2, -0.15) is 0 Å². The van der Waals surface area contributed by atoms with Crippen molar-refractivity contribution in [1.29, 1.82) is 0 Å². The Kier molecular flexibility index (Phi) is 3.88. The number of rotatable bonds is 2. The normalized spacial score (nSPS) is 13.5. The molecule has 0 spiro atoms. The minimum Gasteiger partial charge on any atom is -0.337 e. The van der Waals surface area contributed by atoms with Crippen molar-refractivity contribution >= 4 is 23.8 Å². The van der Waals surface area contributed by atoms with Crippen LogP contribution in [0.1, 0.15) is 45.0 Å². The van der Waals surface area contributed by atoms with Crippen molar-refractivity contribution in [2.24, 2.45) is 0 Å². The van der Waals surface area contributed by atoms with Gasteiger partial charge in [0.15, 0.2) is 4.77 Å². The van der Waals surface area contributed by atoms with E-state index in [9.17, 15) is 0 Å². The monoisotopic (exact) mass is 294 g/mol. The predicted molar refractivity (Wildman–Crippen MR) is 83.6 cm³/mol. The maximum absolute atomic E-state index is 6.30. The Morgan fingerprint density at radius 3 is 2.47 bits per heavy atom. The van der Waals surface area contributed by atoms with Gasteiger partial charge in [0.05, 0.1) is 6.04 Å². The maximum atomic E-state index is 6.30. The van der Waals surface area contributed by atoms with Gasteiger partial charge in [-0.15, -0.1) is 0 Å². The summed E-state index contributed by atoms with van der Waals surface area (Å²) in [6.07, 6.45) is 2.00. The zero-order chi connectivity index (χ0) is 14.2. The highest BCUT2D eigenvalue weighted by Gasteiger charge is 2.23. The van der Waals surface area contributed by atoms with E-state index in [0.717, 1.165) is 15.4 Å². The largest absolute Gasteiger partial charge is 0.337 e. The number of benzene rings is 1. The number of halogens is 1. The fraction of sp³-hybridized carbons (Fsp3) is 0.400. The average Bonchev–Trinajstić information content (AvgIpc) is 2.70. The summed E-state index contributed by atoms with van der Waals surface area (Å²) >= 11 is 11.7. The first-order chi connectivity index (χ1) is 8.82. The molecule has 1 N–H and O–H groups in total. The van der Waals surface area contributed by atoms with Crippen LogP contribution in [0.25, 0.3) is 0 Å². The van der Waals surface area contributed by atoms with Crippen LogP contribution in [-0.4, -0.2) is 9.55 Å². The molecule has 0 aliphatic carbocycles. The average molecular weight is 295 g/mol. The zero-order valence-electron chi connectivity index (χ0n) is 11.7. The number of aromatic nitrogens is 2. The van der Waals surface area contributed by atoms with E-state index in [1.54, 1.807) is 0 Å². The molecule has 4 heteroatoms. The Hall–Kier alpha value is -1.06. The number of H-pyrrole nitrogens is 1. The van der Waals surface area contributed by atoms with E-state index in [1.165, 1.54) is 5.69 Å². The van der Waals surface area contributed by atoms with E-state index < -0.39 is 0 Å². The summed E-state index contributed by atoms with van der Waals surface area (Å²) in [7, 11) is 0. The second-order valence-corrected chi connectivity index (χ2v) is 6.59. The molecule has 19 heavy (non-hydrogen) atoms. The molecule has 0 saturated carbocycles. The number of nitrogens with one attached hydrogen (secondary N) is 1. The minimum absolute atomic E-state index is 0.0308. The Morgan fingerprint density at radius 2 is 1.89 bits per heavy atom. The first kappa shape index (κ1) is 14.4. The molecule has 1 heterocycles. The van der Waals surface area contributed by atoms with Gasteiger partial charge in [0.25, 0.3) is 0 Å². The molecule has 2 nitrogen and oxygen atoms in total. The first-order valence-electron chi connectivity index (χ1n) is 6.37. The van der Waals surface area contributed by atoms with Crippen molar-refractivity contribution in [2.75, 3.05) is 0 Å². The summed E-state index contributed by atoms with van der Waals surface area (Å²) in [5.74, 6) is 0. The molecule has 0 saturated heterocycles. The van der Waals surface area contributed by atoms with Gasteiger partial charge in [0.1, 0.15) is 0 Å². The number of hydrogen-bond donors (Lipinski definition) is 1. The highest BCUT2D eigenvalue weighted by molar-refractivity contribution is 7.71. The summed E-state index contributed by atoms with van der Waals surface area (Å²) < 4.78 is 2.88. The zero-order valence-corrected chi connectivity index (χ0v) is 13.3. The molecular formula is C15H19ClN2S. The lowest BCUT2D eigenvalue weighted by Crippen LogP contribution is -2.20. The Labute approximate surface area is 124 Å². The van der Waals surface area contributed by atoms with Crippen molar-refractivity contribution in [3.63, 3.8) is 0 Å². The van der Waals surface area contributed by atoms with E-state index in [1.807, 2.05) is 30.5 Å². The molecular weight excluding hydrogens is 276 g/mol. The smallest absolute Gasteiger partial charge is 0.177 e. The molecule has 0 fully saturated rings. The standard InChI is InChI=1S/C15H19ClN2S/c1-10(11-7-5-6-8-12(11)16)18-13(15(2,3)4)9-17-14(18)19/h5-10H,1-4H3,(H,17,19). The lowest BCUT2D eigenvalue weighted by Gasteiger charge is -2.25. The van der Waals surface area contributed by atoms with Gasteiger partial charge >= 0.3 is 0 Å². The Bertz CT molecular complexity index is 634. The summed E-state index contributed by atoms with van der Waals surface area (Å²) in [6, 6.07) is 8.03. The molecule has 0 radical (unpaired) electrons. The second kappa shape index (κ2) is 5.14. The molecule has 2 aromatic rings. The fourth-order valence-electron chi connectivity index (χ4n) is 2.29. The fourth-order valence-corrected chi connectivity index (χ4v) is 2.90. The molecule has 0 aliphatic heterocycles. The van der Waals surface area contributed by atoms with E-state index in [0.29, 0.717) is 0 Å². The third-order valence-corrected chi connectivity index (χ3v) is 3.98. The van der Waals surface area contributed by atoms with E-state index in [-0.39, 0.29) is 11.5 Å². The van der Waals surface area contributed by atoms with Gasteiger partial charge in [-0.25, -0.2) is 0 Å². The van der Waals surface area contributed by atoms with Crippen LogP contribution in [0.2, 0.25) is 5.02 Å². The van der Waals surface area contributed by atoms with Gasteiger partial charge in [-0.05, 0) is 30.8 Å². The van der Waals surface area contributed by atoms with Crippen LogP contribution in [0.15, 0.2) is 30.5 Å². The summed E-state index contributed by atoms with van der Waals surface area (Å²) in [5, 5.41) is 0.776. The van der Waals surface area contributed by atoms with Crippen LogP contribution in [0.4, 0.5) is 0 Å². The summed E-state index contributed by atoms with van der Waals surface area (Å²) in [5.41, 5.74) is 2.30. The van der Waals surface area contributed by atoms with Crippen LogP contribution in [0.3, 0.4) is 0 Å². The summed E-state index contributed by atoms with van der Waals surface area (Å²) in [6.45, 7) is 8.67. The Morgan fingerprint density at radius 1 is 1.26 bits per heavy atom. The molecule has 1 unspecified atom stereocenters. The van der Waals surface area contributed by atoms with Gasteiger partial charge in [0.2, 0.25) is 0 Å². The van der Waals surface area contributed by atoms with Gasteiger partial charge in [-0.1, -0.05) is 50.6 Å². The molecule has 1 aromatic carbocycles. The van der Waals surface area contributed by atoms with Crippen LogP contribution >= 0.6 is 23.8 Å². The quantitative estimate of drug-likeness (QED) is 0.764. The topological polar surface area (TPSA) is 20.7 Å². The third-order valence-electron chi connectivity index (χ3n) is 3.32. The highest BCUT2D eigenvalue weighted by atomic mass is 35.5. The summed E-state index contributed by atoms with van der Waals surface area (Å²) in [4.78, 5) is 3.15. The van der Waals surface area contributed by atoms with Crippen molar-refractivity contribution in [1.82, 2.24) is 9.55 Å². The third kappa shape index (κ3) is 2.77. The molecule has 1 aromatic heterocycles. The molecule has 2 rings (SSSR count).